The minimum atomic E-state index is -0.408. The number of rotatable bonds is 5. The lowest BCUT2D eigenvalue weighted by molar-refractivity contribution is -0.117. The van der Waals surface area contributed by atoms with Crippen LogP contribution >= 0.6 is 23.2 Å². The molecule has 1 N–H and O–H groups in total. The Kier molecular flexibility index (Phi) is 5.78. The second-order valence-electron chi connectivity index (χ2n) is 5.62. The number of ether oxygens (including phenoxy) is 1. The molecule has 0 atom stereocenters. The van der Waals surface area contributed by atoms with E-state index in [1.807, 2.05) is 12.1 Å². The Morgan fingerprint density at radius 2 is 1.81 bits per heavy atom. The van der Waals surface area contributed by atoms with Crippen LogP contribution in [0.15, 0.2) is 59.4 Å². The lowest BCUT2D eigenvalue weighted by Crippen LogP contribution is -2.29. The van der Waals surface area contributed by atoms with Crippen molar-refractivity contribution >= 4 is 34.8 Å². The van der Waals surface area contributed by atoms with E-state index in [1.54, 1.807) is 37.4 Å². The average Bonchev–Trinajstić information content (AvgIpc) is 2.66. The fourth-order valence-electron chi connectivity index (χ4n) is 2.39. The Labute approximate surface area is 165 Å². The summed E-state index contributed by atoms with van der Waals surface area (Å²) in [5, 5.41) is 7.64. The van der Waals surface area contributed by atoms with Crippen LogP contribution in [0.3, 0.4) is 0 Å². The van der Waals surface area contributed by atoms with Crippen LogP contribution in [0.4, 0.5) is 5.69 Å². The third-order valence-corrected chi connectivity index (χ3v) is 4.49. The molecule has 3 aromatic rings. The van der Waals surface area contributed by atoms with Gasteiger partial charge in [0.2, 0.25) is 5.91 Å². The molecule has 0 saturated carbocycles. The van der Waals surface area contributed by atoms with Crippen LogP contribution in [0.1, 0.15) is 0 Å². The van der Waals surface area contributed by atoms with Gasteiger partial charge in [-0.1, -0.05) is 23.2 Å². The van der Waals surface area contributed by atoms with Crippen LogP contribution in [0.2, 0.25) is 10.0 Å². The summed E-state index contributed by atoms with van der Waals surface area (Å²) in [6, 6.07) is 15.0. The standard InChI is InChI=1S/C19H15Cl2N3O3/c1-27-14-5-2-12(3-6-14)17-8-9-19(26)24(23-17)11-18(25)22-13-4-7-15(20)16(21)10-13/h2-10H,11H2,1H3,(H,22,25). The number of carbonyl (C=O) groups is 1. The lowest BCUT2D eigenvalue weighted by Gasteiger charge is -2.09. The van der Waals surface area contributed by atoms with Crippen LogP contribution in [0.5, 0.6) is 5.75 Å². The molecule has 3 rings (SSSR count). The molecule has 0 aliphatic carbocycles. The Balaban J connectivity index is 1.78. The molecule has 0 spiro atoms. The topological polar surface area (TPSA) is 73.2 Å². The van der Waals surface area contributed by atoms with Gasteiger partial charge >= 0.3 is 0 Å². The number of hydrogen-bond acceptors (Lipinski definition) is 4. The summed E-state index contributed by atoms with van der Waals surface area (Å²) in [6.45, 7) is -0.233. The van der Waals surface area contributed by atoms with E-state index in [0.717, 1.165) is 10.2 Å². The Hall–Kier alpha value is -2.83. The highest BCUT2D eigenvalue weighted by Crippen LogP contribution is 2.25. The fourth-order valence-corrected chi connectivity index (χ4v) is 2.69. The molecule has 0 saturated heterocycles. The maximum absolute atomic E-state index is 12.3. The van der Waals surface area contributed by atoms with E-state index < -0.39 is 5.91 Å². The Morgan fingerprint density at radius 3 is 2.48 bits per heavy atom. The van der Waals surface area contributed by atoms with Crippen LogP contribution in [-0.4, -0.2) is 22.8 Å². The summed E-state index contributed by atoms with van der Waals surface area (Å²) in [7, 11) is 1.58. The number of amides is 1. The second-order valence-corrected chi connectivity index (χ2v) is 6.43. The average molecular weight is 404 g/mol. The van der Waals surface area contributed by atoms with E-state index in [1.165, 1.54) is 12.1 Å². The van der Waals surface area contributed by atoms with E-state index in [2.05, 4.69) is 10.4 Å². The third-order valence-electron chi connectivity index (χ3n) is 3.75. The van der Waals surface area contributed by atoms with Crippen molar-refractivity contribution in [3.05, 3.63) is 75.0 Å². The first-order valence-electron chi connectivity index (χ1n) is 7.94. The molecule has 27 heavy (non-hydrogen) atoms. The minimum absolute atomic E-state index is 0.233. The summed E-state index contributed by atoms with van der Waals surface area (Å²) in [5.41, 5.74) is 1.47. The molecule has 1 aromatic heterocycles. The summed E-state index contributed by atoms with van der Waals surface area (Å²) in [4.78, 5) is 24.3. The number of halogens is 2. The predicted octanol–water partition coefficient (Wildman–Crippen LogP) is 3.86. The second kappa shape index (κ2) is 8.24. The zero-order valence-electron chi connectivity index (χ0n) is 14.3. The molecule has 8 heteroatoms. The molecular formula is C19H15Cl2N3O3. The molecule has 0 radical (unpaired) electrons. The number of carbonyl (C=O) groups excluding carboxylic acids is 1. The molecule has 2 aromatic carbocycles. The molecule has 0 bridgehead atoms. The highest BCUT2D eigenvalue weighted by atomic mass is 35.5. The van der Waals surface area contributed by atoms with Crippen molar-refractivity contribution in [1.29, 1.82) is 0 Å². The third kappa shape index (κ3) is 4.67. The van der Waals surface area contributed by atoms with Crippen molar-refractivity contribution in [3.8, 4) is 17.0 Å². The number of nitrogens with zero attached hydrogens (tertiary/aromatic N) is 2. The molecule has 1 heterocycles. The molecule has 1 amide bonds. The molecule has 0 unspecified atom stereocenters. The molecular weight excluding hydrogens is 389 g/mol. The number of anilines is 1. The van der Waals surface area contributed by atoms with Crippen LogP contribution in [0.25, 0.3) is 11.3 Å². The summed E-state index contributed by atoms with van der Waals surface area (Å²) in [5.74, 6) is 0.308. The van der Waals surface area contributed by atoms with E-state index in [0.29, 0.717) is 27.2 Å². The first kappa shape index (κ1) is 18.9. The smallest absolute Gasteiger partial charge is 0.267 e. The van der Waals surface area contributed by atoms with Gasteiger partial charge in [0, 0.05) is 17.3 Å². The van der Waals surface area contributed by atoms with Gasteiger partial charge in [-0.3, -0.25) is 9.59 Å². The zero-order valence-corrected chi connectivity index (χ0v) is 15.8. The monoisotopic (exact) mass is 403 g/mol. The van der Waals surface area contributed by atoms with Crippen molar-refractivity contribution in [2.24, 2.45) is 0 Å². The van der Waals surface area contributed by atoms with E-state index in [4.69, 9.17) is 27.9 Å². The molecule has 6 nitrogen and oxygen atoms in total. The van der Waals surface area contributed by atoms with Crippen molar-refractivity contribution < 1.29 is 9.53 Å². The molecule has 0 aliphatic rings. The Bertz CT molecular complexity index is 1030. The minimum Gasteiger partial charge on any atom is -0.497 e. The van der Waals surface area contributed by atoms with E-state index >= 15 is 0 Å². The van der Waals surface area contributed by atoms with Gasteiger partial charge in [0.05, 0.1) is 22.8 Å². The summed E-state index contributed by atoms with van der Waals surface area (Å²) in [6.07, 6.45) is 0. The first-order valence-corrected chi connectivity index (χ1v) is 8.69. The van der Waals surface area contributed by atoms with Gasteiger partial charge in [-0.15, -0.1) is 0 Å². The van der Waals surface area contributed by atoms with Crippen molar-refractivity contribution in [2.45, 2.75) is 6.54 Å². The van der Waals surface area contributed by atoms with Crippen LogP contribution in [0, 0.1) is 0 Å². The summed E-state index contributed by atoms with van der Waals surface area (Å²) >= 11 is 11.8. The number of hydrogen-bond donors (Lipinski definition) is 1. The maximum atomic E-state index is 12.3. The van der Waals surface area contributed by atoms with Gasteiger partial charge in [-0.2, -0.15) is 5.10 Å². The van der Waals surface area contributed by atoms with Gasteiger partial charge in [0.25, 0.3) is 5.56 Å². The van der Waals surface area contributed by atoms with Crippen molar-refractivity contribution in [3.63, 3.8) is 0 Å². The van der Waals surface area contributed by atoms with E-state index in [-0.39, 0.29) is 12.1 Å². The predicted molar refractivity (Wildman–Crippen MR) is 106 cm³/mol. The highest BCUT2D eigenvalue weighted by molar-refractivity contribution is 6.42. The molecule has 0 aliphatic heterocycles. The zero-order chi connectivity index (χ0) is 19.4. The van der Waals surface area contributed by atoms with Gasteiger partial charge in [0.1, 0.15) is 12.3 Å². The van der Waals surface area contributed by atoms with Crippen LogP contribution < -0.4 is 15.6 Å². The first-order chi connectivity index (χ1) is 13.0. The van der Waals surface area contributed by atoms with Gasteiger partial charge in [-0.05, 0) is 48.5 Å². The summed E-state index contributed by atoms with van der Waals surface area (Å²) < 4.78 is 6.23. The van der Waals surface area contributed by atoms with Gasteiger partial charge in [0.15, 0.2) is 0 Å². The van der Waals surface area contributed by atoms with Gasteiger partial charge in [-0.25, -0.2) is 4.68 Å². The van der Waals surface area contributed by atoms with Crippen LogP contribution in [-0.2, 0) is 11.3 Å². The fraction of sp³-hybridized carbons (Fsp3) is 0.105. The Morgan fingerprint density at radius 1 is 1.07 bits per heavy atom. The van der Waals surface area contributed by atoms with Gasteiger partial charge < -0.3 is 10.1 Å². The number of methoxy groups -OCH3 is 1. The number of benzene rings is 2. The molecule has 138 valence electrons. The number of nitrogens with one attached hydrogen (secondary N) is 1. The van der Waals surface area contributed by atoms with Crippen molar-refractivity contribution in [1.82, 2.24) is 9.78 Å². The SMILES string of the molecule is COc1ccc(-c2ccc(=O)n(CC(=O)Nc3ccc(Cl)c(Cl)c3)n2)cc1. The molecule has 0 fully saturated rings. The number of aromatic nitrogens is 2. The van der Waals surface area contributed by atoms with E-state index in [9.17, 15) is 9.59 Å². The largest absolute Gasteiger partial charge is 0.497 e. The quantitative estimate of drug-likeness (QED) is 0.701. The maximum Gasteiger partial charge on any atom is 0.267 e. The highest BCUT2D eigenvalue weighted by Gasteiger charge is 2.09. The normalized spacial score (nSPS) is 10.5. The van der Waals surface area contributed by atoms with Crippen molar-refractivity contribution in [2.75, 3.05) is 12.4 Å². The lowest BCUT2D eigenvalue weighted by atomic mass is 10.1.